The summed E-state index contributed by atoms with van der Waals surface area (Å²) in [7, 11) is 1.64. The molecular weight excluding hydrogens is 338 g/mol. The molecular formula is C17H21N5O4. The number of likely N-dealkylation sites (N-methyl/N-ethyl adjacent to an activating group) is 1. The SMILES string of the molecule is CCCc1nc(CN(C)C(=O)[C@H]2OCC(=O)N[C@@H]2c2cccnc2)no1. The predicted octanol–water partition coefficient (Wildman–Crippen LogP) is 0.632. The summed E-state index contributed by atoms with van der Waals surface area (Å²) >= 11 is 0. The Labute approximate surface area is 150 Å². The van der Waals surface area contributed by atoms with Crippen LogP contribution in [0.25, 0.3) is 0 Å². The molecule has 9 nitrogen and oxygen atoms in total. The van der Waals surface area contributed by atoms with E-state index in [1.807, 2.05) is 6.92 Å². The minimum atomic E-state index is -0.844. The van der Waals surface area contributed by atoms with E-state index in [1.165, 1.54) is 4.90 Å². The topological polar surface area (TPSA) is 110 Å². The molecule has 2 amide bonds. The summed E-state index contributed by atoms with van der Waals surface area (Å²) in [5.74, 6) is 0.438. The number of pyridine rings is 1. The Morgan fingerprint density at radius 3 is 3.04 bits per heavy atom. The molecule has 2 aromatic rings. The number of carbonyl (C=O) groups is 2. The van der Waals surface area contributed by atoms with E-state index in [-0.39, 0.29) is 25.0 Å². The predicted molar refractivity (Wildman–Crippen MR) is 89.6 cm³/mol. The van der Waals surface area contributed by atoms with Crippen molar-refractivity contribution < 1.29 is 18.8 Å². The molecule has 1 fully saturated rings. The second-order valence-corrected chi connectivity index (χ2v) is 6.11. The Balaban J connectivity index is 1.72. The molecule has 1 N–H and O–H groups in total. The number of amides is 2. The highest BCUT2D eigenvalue weighted by Crippen LogP contribution is 2.23. The first-order valence-electron chi connectivity index (χ1n) is 8.45. The van der Waals surface area contributed by atoms with Gasteiger partial charge in [-0.1, -0.05) is 18.1 Å². The standard InChI is InChI=1S/C17H21N5O4/c1-3-5-14-19-12(21-26-14)9-22(2)17(24)16-15(20-13(23)10-25-16)11-6-4-7-18-8-11/h4,6-8,15-16H,3,5,9-10H2,1-2H3,(H,20,23)/t15-,16+/m1/s1. The number of nitrogens with zero attached hydrogens (tertiary/aromatic N) is 4. The van der Waals surface area contributed by atoms with Crippen LogP contribution in [-0.4, -0.2) is 51.6 Å². The molecule has 0 aliphatic carbocycles. The molecule has 138 valence electrons. The quantitative estimate of drug-likeness (QED) is 0.805. The maximum Gasteiger partial charge on any atom is 0.254 e. The second kappa shape index (κ2) is 8.05. The van der Waals surface area contributed by atoms with Crippen LogP contribution in [0.15, 0.2) is 29.0 Å². The van der Waals surface area contributed by atoms with E-state index in [2.05, 4.69) is 20.4 Å². The first-order valence-corrected chi connectivity index (χ1v) is 8.45. The molecule has 9 heteroatoms. The normalized spacial score (nSPS) is 19.8. The van der Waals surface area contributed by atoms with Gasteiger partial charge in [-0.05, 0) is 18.1 Å². The average Bonchev–Trinajstić information content (AvgIpc) is 3.09. The summed E-state index contributed by atoms with van der Waals surface area (Å²) in [5, 5.41) is 6.69. The molecule has 0 saturated carbocycles. The van der Waals surface area contributed by atoms with Gasteiger partial charge in [-0.15, -0.1) is 0 Å². The lowest BCUT2D eigenvalue weighted by molar-refractivity contribution is -0.154. The zero-order chi connectivity index (χ0) is 18.5. The zero-order valence-electron chi connectivity index (χ0n) is 14.7. The van der Waals surface area contributed by atoms with Crippen LogP contribution in [0.1, 0.15) is 36.7 Å². The average molecular weight is 359 g/mol. The number of carbonyl (C=O) groups excluding carboxylic acids is 2. The number of nitrogens with one attached hydrogen (secondary N) is 1. The second-order valence-electron chi connectivity index (χ2n) is 6.11. The lowest BCUT2D eigenvalue weighted by Gasteiger charge is -2.33. The number of aromatic nitrogens is 3. The lowest BCUT2D eigenvalue weighted by Crippen LogP contribution is -2.52. The third-order valence-corrected chi connectivity index (χ3v) is 4.03. The van der Waals surface area contributed by atoms with Crippen molar-refractivity contribution in [2.24, 2.45) is 0 Å². The molecule has 0 unspecified atom stereocenters. The van der Waals surface area contributed by atoms with Gasteiger partial charge < -0.3 is 19.5 Å². The Morgan fingerprint density at radius 1 is 1.46 bits per heavy atom. The molecule has 0 spiro atoms. The van der Waals surface area contributed by atoms with Gasteiger partial charge in [0.05, 0.1) is 12.6 Å². The van der Waals surface area contributed by atoms with Crippen LogP contribution in [0.4, 0.5) is 0 Å². The van der Waals surface area contributed by atoms with Crippen molar-refractivity contribution in [1.82, 2.24) is 25.3 Å². The van der Waals surface area contributed by atoms with Gasteiger partial charge in [0.15, 0.2) is 11.9 Å². The van der Waals surface area contributed by atoms with E-state index in [0.29, 0.717) is 23.7 Å². The number of ether oxygens (including phenoxy) is 1. The van der Waals surface area contributed by atoms with Crippen LogP contribution in [0.5, 0.6) is 0 Å². The van der Waals surface area contributed by atoms with Crippen molar-refractivity contribution in [3.8, 4) is 0 Å². The number of morpholine rings is 1. The van der Waals surface area contributed by atoms with E-state index in [4.69, 9.17) is 9.26 Å². The Hall–Kier alpha value is -2.81. The zero-order valence-corrected chi connectivity index (χ0v) is 14.7. The minimum absolute atomic E-state index is 0.163. The summed E-state index contributed by atoms with van der Waals surface area (Å²) < 4.78 is 10.7. The van der Waals surface area contributed by atoms with Crippen LogP contribution in [0, 0.1) is 0 Å². The van der Waals surface area contributed by atoms with Crippen LogP contribution < -0.4 is 5.32 Å². The summed E-state index contributed by atoms with van der Waals surface area (Å²) in [6.45, 7) is 2.05. The summed E-state index contributed by atoms with van der Waals surface area (Å²) in [5.41, 5.74) is 0.706. The van der Waals surface area contributed by atoms with Gasteiger partial charge in [0.25, 0.3) is 5.91 Å². The van der Waals surface area contributed by atoms with Gasteiger partial charge in [0.2, 0.25) is 11.8 Å². The molecule has 0 radical (unpaired) electrons. The molecule has 0 aromatic carbocycles. The Morgan fingerprint density at radius 2 is 2.31 bits per heavy atom. The first kappa shape index (κ1) is 18.0. The molecule has 3 heterocycles. The molecule has 2 atom stereocenters. The largest absolute Gasteiger partial charge is 0.356 e. The number of hydrogen-bond acceptors (Lipinski definition) is 7. The van der Waals surface area contributed by atoms with Crippen LogP contribution in [-0.2, 0) is 27.3 Å². The van der Waals surface area contributed by atoms with E-state index < -0.39 is 12.1 Å². The number of rotatable bonds is 6. The fourth-order valence-corrected chi connectivity index (χ4v) is 2.76. The molecule has 26 heavy (non-hydrogen) atoms. The lowest BCUT2D eigenvalue weighted by atomic mass is 10.0. The van der Waals surface area contributed by atoms with Gasteiger partial charge in [0.1, 0.15) is 6.61 Å². The van der Waals surface area contributed by atoms with Crippen LogP contribution in [0.3, 0.4) is 0 Å². The number of hydrogen-bond donors (Lipinski definition) is 1. The summed E-state index contributed by atoms with van der Waals surface area (Å²) in [4.78, 5) is 34.4. The van der Waals surface area contributed by atoms with Gasteiger partial charge in [0, 0.05) is 25.9 Å². The smallest absolute Gasteiger partial charge is 0.254 e. The van der Waals surface area contributed by atoms with Crippen LogP contribution in [0.2, 0.25) is 0 Å². The fraction of sp³-hybridized carbons (Fsp3) is 0.471. The van der Waals surface area contributed by atoms with Gasteiger partial charge in [-0.3, -0.25) is 14.6 Å². The highest BCUT2D eigenvalue weighted by atomic mass is 16.5. The Bertz CT molecular complexity index is 764. The van der Waals surface area contributed by atoms with Crippen molar-refractivity contribution >= 4 is 11.8 Å². The van der Waals surface area contributed by atoms with E-state index >= 15 is 0 Å². The number of aryl methyl sites for hydroxylation is 1. The molecule has 2 aromatic heterocycles. The monoisotopic (exact) mass is 359 g/mol. The molecule has 3 rings (SSSR count). The van der Waals surface area contributed by atoms with Gasteiger partial charge in [-0.2, -0.15) is 4.98 Å². The van der Waals surface area contributed by atoms with E-state index in [9.17, 15) is 9.59 Å². The van der Waals surface area contributed by atoms with Crippen molar-refractivity contribution in [3.05, 3.63) is 41.8 Å². The minimum Gasteiger partial charge on any atom is -0.356 e. The maximum absolute atomic E-state index is 12.9. The van der Waals surface area contributed by atoms with E-state index in [1.54, 1.807) is 31.6 Å². The van der Waals surface area contributed by atoms with Crippen LogP contribution >= 0.6 is 0 Å². The van der Waals surface area contributed by atoms with Crippen molar-refractivity contribution in [1.29, 1.82) is 0 Å². The summed E-state index contributed by atoms with van der Waals surface area (Å²) in [6.07, 6.45) is 3.99. The molecule has 1 saturated heterocycles. The van der Waals surface area contributed by atoms with Gasteiger partial charge >= 0.3 is 0 Å². The first-order chi connectivity index (χ1) is 12.6. The highest BCUT2D eigenvalue weighted by Gasteiger charge is 2.38. The Kier molecular flexibility index (Phi) is 5.57. The molecule has 0 bridgehead atoms. The fourth-order valence-electron chi connectivity index (χ4n) is 2.76. The highest BCUT2D eigenvalue weighted by molar-refractivity contribution is 5.86. The summed E-state index contributed by atoms with van der Waals surface area (Å²) in [6, 6.07) is 2.94. The third kappa shape index (κ3) is 4.05. The maximum atomic E-state index is 12.9. The van der Waals surface area contributed by atoms with Crippen molar-refractivity contribution in [2.75, 3.05) is 13.7 Å². The molecule has 1 aliphatic heterocycles. The van der Waals surface area contributed by atoms with E-state index in [0.717, 1.165) is 6.42 Å². The van der Waals surface area contributed by atoms with Crippen molar-refractivity contribution in [2.45, 2.75) is 38.5 Å². The third-order valence-electron chi connectivity index (χ3n) is 4.03. The molecule has 1 aliphatic rings. The van der Waals surface area contributed by atoms with Gasteiger partial charge in [-0.25, -0.2) is 0 Å². The van der Waals surface area contributed by atoms with Crippen molar-refractivity contribution in [3.63, 3.8) is 0 Å².